The number of hydrogen-bond acceptors (Lipinski definition) is 8. The van der Waals surface area contributed by atoms with Gasteiger partial charge in [-0.05, 0) is 72.8 Å². The van der Waals surface area contributed by atoms with Crippen LogP contribution in [0.15, 0.2) is 90.7 Å². The van der Waals surface area contributed by atoms with Gasteiger partial charge in [0.15, 0.2) is 5.78 Å². The van der Waals surface area contributed by atoms with Gasteiger partial charge in [-0.2, -0.15) is 0 Å². The Hall–Kier alpha value is -2.45. The smallest absolute Gasteiger partial charge is 0.170 e. The standard InChI is InChI=1S/3C9H9BrO2.C9H7BrO2/c4*10-6-1-2-9-7(5-6)8(11)3-4-12-9/h3*1-2,5,8,11H,3-4H2;1-2,5H,3-4H2. The minimum atomic E-state index is -0.369. The number of rotatable bonds is 0. The predicted molar refractivity (Wildman–Crippen MR) is 196 cm³/mol. The summed E-state index contributed by atoms with van der Waals surface area (Å²) < 4.78 is 25.3. The Morgan fingerprint density at radius 2 is 0.812 bits per heavy atom. The van der Waals surface area contributed by atoms with E-state index in [1.165, 1.54) is 0 Å². The summed E-state index contributed by atoms with van der Waals surface area (Å²) in [5.74, 6) is 3.28. The molecular formula is C36H34Br4O8. The molecule has 0 bridgehead atoms. The van der Waals surface area contributed by atoms with Gasteiger partial charge in [0.1, 0.15) is 23.0 Å². The second kappa shape index (κ2) is 17.5. The fourth-order valence-electron chi connectivity index (χ4n) is 5.28. The number of hydrogen-bond donors (Lipinski definition) is 3. The van der Waals surface area contributed by atoms with Crippen LogP contribution in [0.5, 0.6) is 23.0 Å². The van der Waals surface area contributed by atoms with Crippen molar-refractivity contribution in [3.63, 3.8) is 0 Å². The summed E-state index contributed by atoms with van der Waals surface area (Å²) >= 11 is 13.4. The van der Waals surface area contributed by atoms with Gasteiger partial charge in [-0.15, -0.1) is 0 Å². The van der Waals surface area contributed by atoms with Gasteiger partial charge in [0.25, 0.3) is 0 Å². The van der Waals surface area contributed by atoms with Crippen LogP contribution in [0.3, 0.4) is 0 Å². The van der Waals surface area contributed by atoms with E-state index in [-0.39, 0.29) is 24.1 Å². The molecule has 3 unspecified atom stereocenters. The molecule has 254 valence electrons. The maximum absolute atomic E-state index is 11.3. The monoisotopic (exact) mass is 910 g/mol. The lowest BCUT2D eigenvalue weighted by Crippen LogP contribution is -2.14. The van der Waals surface area contributed by atoms with E-state index in [1.54, 1.807) is 6.07 Å². The van der Waals surface area contributed by atoms with Crippen molar-refractivity contribution >= 4 is 69.5 Å². The van der Waals surface area contributed by atoms with Crippen LogP contribution in [-0.4, -0.2) is 47.5 Å². The number of aliphatic hydroxyl groups is 3. The maximum Gasteiger partial charge on any atom is 0.170 e. The molecule has 8 nitrogen and oxygen atoms in total. The van der Waals surface area contributed by atoms with E-state index >= 15 is 0 Å². The molecule has 3 atom stereocenters. The second-order valence-corrected chi connectivity index (χ2v) is 14.8. The van der Waals surface area contributed by atoms with Crippen molar-refractivity contribution in [1.82, 2.24) is 0 Å². The average molecular weight is 914 g/mol. The van der Waals surface area contributed by atoms with Crippen molar-refractivity contribution in [2.24, 2.45) is 0 Å². The van der Waals surface area contributed by atoms with Gasteiger partial charge in [-0.3, -0.25) is 4.79 Å². The second-order valence-electron chi connectivity index (χ2n) is 11.2. The molecule has 0 saturated heterocycles. The SMILES string of the molecule is O=C1CCOc2ccc(Br)cc21.OC1CCOc2ccc(Br)cc21.OC1CCOc2ccc(Br)cc21.OC1CCOc2ccc(Br)cc21. The van der Waals surface area contributed by atoms with Crippen molar-refractivity contribution in [2.45, 2.75) is 44.0 Å². The van der Waals surface area contributed by atoms with Crippen LogP contribution in [0.25, 0.3) is 0 Å². The Morgan fingerprint density at radius 1 is 0.479 bits per heavy atom. The summed E-state index contributed by atoms with van der Waals surface area (Å²) in [5, 5.41) is 28.8. The zero-order valence-corrected chi connectivity index (χ0v) is 32.1. The molecule has 0 aromatic heterocycles. The molecule has 4 aromatic carbocycles. The summed E-state index contributed by atoms with van der Waals surface area (Å²) in [6, 6.07) is 22.6. The molecule has 4 aromatic rings. The summed E-state index contributed by atoms with van der Waals surface area (Å²) in [6.07, 6.45) is 1.43. The number of halogens is 4. The summed E-state index contributed by atoms with van der Waals surface area (Å²) in [4.78, 5) is 11.3. The highest BCUT2D eigenvalue weighted by Crippen LogP contribution is 2.36. The van der Waals surface area contributed by atoms with E-state index < -0.39 is 0 Å². The molecule has 0 saturated carbocycles. The topological polar surface area (TPSA) is 115 Å². The Bertz CT molecular complexity index is 1590. The molecule has 48 heavy (non-hydrogen) atoms. The first-order valence-electron chi connectivity index (χ1n) is 15.4. The number of carbonyl (C=O) groups is 1. The van der Waals surface area contributed by atoms with Crippen LogP contribution in [0.1, 0.15) is 71.0 Å². The predicted octanol–water partition coefficient (Wildman–Crippen LogP) is 9.21. The Morgan fingerprint density at radius 3 is 1.21 bits per heavy atom. The van der Waals surface area contributed by atoms with Gasteiger partial charge >= 0.3 is 0 Å². The number of carbonyl (C=O) groups excluding carboxylic acids is 1. The van der Waals surface area contributed by atoms with Crippen molar-refractivity contribution < 1.29 is 39.1 Å². The van der Waals surface area contributed by atoms with Gasteiger partial charge in [-0.25, -0.2) is 0 Å². The molecule has 12 heteroatoms. The van der Waals surface area contributed by atoms with Gasteiger partial charge in [0.2, 0.25) is 0 Å². The summed E-state index contributed by atoms with van der Waals surface area (Å²) in [5.41, 5.74) is 3.34. The molecule has 4 aliphatic heterocycles. The molecule has 0 radical (unpaired) electrons. The zero-order valence-electron chi connectivity index (χ0n) is 25.7. The van der Waals surface area contributed by atoms with E-state index in [2.05, 4.69) is 63.7 Å². The van der Waals surface area contributed by atoms with Crippen molar-refractivity contribution in [3.05, 3.63) is 113 Å². The molecular weight excluding hydrogens is 880 g/mol. The molecule has 4 aliphatic rings. The first-order chi connectivity index (χ1) is 23.1. The highest BCUT2D eigenvalue weighted by Gasteiger charge is 2.21. The number of aliphatic hydroxyl groups excluding tert-OH is 3. The summed E-state index contributed by atoms with van der Waals surface area (Å²) in [7, 11) is 0. The normalized spacial score (nSPS) is 19.8. The molecule has 4 heterocycles. The molecule has 0 fully saturated rings. The number of ketones is 1. The van der Waals surface area contributed by atoms with Crippen molar-refractivity contribution in [2.75, 3.05) is 26.4 Å². The lowest BCUT2D eigenvalue weighted by Gasteiger charge is -2.21. The Kier molecular flexibility index (Phi) is 13.4. The summed E-state index contributed by atoms with van der Waals surface area (Å²) in [6.45, 7) is 2.33. The highest BCUT2D eigenvalue weighted by atomic mass is 79.9. The first-order valence-corrected chi connectivity index (χ1v) is 18.5. The largest absolute Gasteiger partial charge is 0.493 e. The highest BCUT2D eigenvalue weighted by molar-refractivity contribution is 9.11. The fraction of sp³-hybridized carbons (Fsp3) is 0.306. The van der Waals surface area contributed by atoms with Crippen molar-refractivity contribution in [3.8, 4) is 23.0 Å². The van der Waals surface area contributed by atoms with Gasteiger partial charge in [-0.1, -0.05) is 63.7 Å². The third kappa shape index (κ3) is 9.83. The third-order valence-corrected chi connectivity index (χ3v) is 9.74. The minimum absolute atomic E-state index is 0.164. The fourth-order valence-corrected chi connectivity index (χ4v) is 6.77. The Balaban J connectivity index is 0.000000125. The molecule has 8 rings (SSSR count). The van der Waals surface area contributed by atoms with E-state index in [0.29, 0.717) is 63.4 Å². The first kappa shape index (κ1) is 36.8. The van der Waals surface area contributed by atoms with E-state index in [0.717, 1.165) is 51.8 Å². The number of Topliss-reactive ketones (excluding diaryl/α,β-unsaturated/α-hetero) is 1. The van der Waals surface area contributed by atoms with E-state index in [9.17, 15) is 20.1 Å². The molecule has 0 amide bonds. The number of ether oxygens (including phenoxy) is 4. The third-order valence-electron chi connectivity index (χ3n) is 7.77. The zero-order chi connectivity index (χ0) is 34.2. The van der Waals surface area contributed by atoms with Crippen LogP contribution in [0, 0.1) is 0 Å². The minimum Gasteiger partial charge on any atom is -0.493 e. The number of fused-ring (bicyclic) bond motifs is 4. The van der Waals surface area contributed by atoms with Crippen LogP contribution in [0.4, 0.5) is 0 Å². The van der Waals surface area contributed by atoms with Gasteiger partial charge in [0.05, 0.1) is 50.3 Å². The Labute approximate surface area is 312 Å². The van der Waals surface area contributed by atoms with E-state index in [1.807, 2.05) is 66.7 Å². The lowest BCUT2D eigenvalue weighted by molar-refractivity contribution is 0.0933. The molecule has 3 N–H and O–H groups in total. The van der Waals surface area contributed by atoms with Crippen molar-refractivity contribution in [1.29, 1.82) is 0 Å². The quantitative estimate of drug-likeness (QED) is 0.160. The van der Waals surface area contributed by atoms with Crippen LogP contribution in [0.2, 0.25) is 0 Å². The van der Waals surface area contributed by atoms with Crippen LogP contribution in [-0.2, 0) is 0 Å². The molecule has 0 spiro atoms. The lowest BCUT2D eigenvalue weighted by atomic mass is 10.0. The van der Waals surface area contributed by atoms with E-state index in [4.69, 9.17) is 18.9 Å². The van der Waals surface area contributed by atoms with Gasteiger partial charge in [0, 0.05) is 60.3 Å². The molecule has 0 aliphatic carbocycles. The van der Waals surface area contributed by atoms with Crippen LogP contribution >= 0.6 is 63.7 Å². The van der Waals surface area contributed by atoms with Crippen LogP contribution < -0.4 is 18.9 Å². The van der Waals surface area contributed by atoms with Gasteiger partial charge < -0.3 is 34.3 Å². The maximum atomic E-state index is 11.3. The number of benzene rings is 4. The average Bonchev–Trinajstić information content (AvgIpc) is 3.07.